The molecule has 2 aliphatic carbocycles. The molecule has 3 atom stereocenters. The highest BCUT2D eigenvalue weighted by atomic mass is 16.5. The molecule has 1 aromatic carbocycles. The van der Waals surface area contributed by atoms with E-state index in [1.54, 1.807) is 29.0 Å². The van der Waals surface area contributed by atoms with Gasteiger partial charge in [-0.3, -0.25) is 9.59 Å². The zero-order valence-electron chi connectivity index (χ0n) is 22.4. The maximum Gasteiger partial charge on any atom is 0.317 e. The van der Waals surface area contributed by atoms with Crippen molar-refractivity contribution in [2.75, 3.05) is 32.1 Å². The third-order valence-electron chi connectivity index (χ3n) is 7.87. The molecule has 0 radical (unpaired) electrons. The Morgan fingerprint density at radius 3 is 2.59 bits per heavy atom. The summed E-state index contributed by atoms with van der Waals surface area (Å²) >= 11 is 0. The predicted molar refractivity (Wildman–Crippen MR) is 141 cm³/mol. The van der Waals surface area contributed by atoms with E-state index in [-0.39, 0.29) is 60.9 Å². The first-order valence-corrected chi connectivity index (χ1v) is 13.8. The summed E-state index contributed by atoms with van der Waals surface area (Å²) in [5.74, 6) is 0.456. The number of fused-ring (bicyclic) bond motifs is 1. The van der Waals surface area contributed by atoms with Crippen molar-refractivity contribution in [1.82, 2.24) is 15.1 Å². The number of urea groups is 1. The number of rotatable bonds is 7. The van der Waals surface area contributed by atoms with E-state index in [2.05, 4.69) is 10.6 Å². The van der Waals surface area contributed by atoms with Crippen LogP contribution in [-0.2, 0) is 16.0 Å². The van der Waals surface area contributed by atoms with Crippen LogP contribution in [0.1, 0.15) is 64.4 Å². The zero-order valence-corrected chi connectivity index (χ0v) is 22.4. The normalized spacial score (nSPS) is 23.6. The van der Waals surface area contributed by atoms with Gasteiger partial charge in [-0.25, -0.2) is 4.79 Å². The first kappa shape index (κ1) is 27.2. The molecule has 0 aromatic heterocycles. The summed E-state index contributed by atoms with van der Waals surface area (Å²) in [7, 11) is 1.78. The second kappa shape index (κ2) is 12.2. The number of nitrogens with one attached hydrogen (secondary N) is 2. The second-order valence-corrected chi connectivity index (χ2v) is 11.1. The molecule has 4 amide bonds. The maximum atomic E-state index is 13.3. The minimum atomic E-state index is -0.368. The first-order chi connectivity index (χ1) is 17.7. The smallest absolute Gasteiger partial charge is 0.317 e. The van der Waals surface area contributed by atoms with Crippen LogP contribution < -0.4 is 15.4 Å². The minimum absolute atomic E-state index is 0.00268. The topological polar surface area (TPSA) is 111 Å². The van der Waals surface area contributed by atoms with Gasteiger partial charge in [-0.15, -0.1) is 0 Å². The number of aliphatic hydroxyl groups excluding tert-OH is 1. The first-order valence-electron chi connectivity index (χ1n) is 13.8. The van der Waals surface area contributed by atoms with Gasteiger partial charge in [0.25, 0.3) is 0 Å². The fourth-order valence-corrected chi connectivity index (χ4v) is 5.20. The van der Waals surface area contributed by atoms with Gasteiger partial charge in [-0.1, -0.05) is 26.2 Å². The molecule has 1 aliphatic heterocycles. The predicted octanol–water partition coefficient (Wildman–Crippen LogP) is 3.16. The van der Waals surface area contributed by atoms with Gasteiger partial charge in [0.1, 0.15) is 11.9 Å². The van der Waals surface area contributed by atoms with E-state index in [1.165, 1.54) is 6.42 Å². The molecule has 9 heteroatoms. The summed E-state index contributed by atoms with van der Waals surface area (Å²) in [4.78, 5) is 42.0. The quantitative estimate of drug-likeness (QED) is 0.518. The van der Waals surface area contributed by atoms with Crippen LogP contribution in [0.25, 0.3) is 0 Å². The molecule has 9 nitrogen and oxygen atoms in total. The van der Waals surface area contributed by atoms with E-state index < -0.39 is 0 Å². The lowest BCUT2D eigenvalue weighted by Gasteiger charge is -2.34. The minimum Gasteiger partial charge on any atom is -0.488 e. The molecule has 37 heavy (non-hydrogen) atoms. The van der Waals surface area contributed by atoms with Crippen molar-refractivity contribution in [3.63, 3.8) is 0 Å². The second-order valence-electron chi connectivity index (χ2n) is 11.1. The van der Waals surface area contributed by atoms with Crippen LogP contribution >= 0.6 is 0 Å². The van der Waals surface area contributed by atoms with Crippen LogP contribution in [0.3, 0.4) is 0 Å². The van der Waals surface area contributed by atoms with Gasteiger partial charge >= 0.3 is 6.03 Å². The molecule has 3 aliphatic rings. The van der Waals surface area contributed by atoms with Crippen molar-refractivity contribution in [1.29, 1.82) is 0 Å². The molecule has 0 spiro atoms. The molecule has 1 heterocycles. The number of nitrogens with zero attached hydrogens (tertiary/aromatic N) is 2. The Labute approximate surface area is 219 Å². The van der Waals surface area contributed by atoms with E-state index in [0.29, 0.717) is 30.1 Å². The highest BCUT2D eigenvalue weighted by molar-refractivity contribution is 5.94. The van der Waals surface area contributed by atoms with Crippen molar-refractivity contribution in [2.24, 2.45) is 11.8 Å². The van der Waals surface area contributed by atoms with E-state index in [9.17, 15) is 19.5 Å². The fourth-order valence-electron chi connectivity index (χ4n) is 5.20. The number of carbonyl (C=O) groups is 3. The number of carbonyl (C=O) groups excluding carboxylic acids is 3. The maximum absolute atomic E-state index is 13.3. The van der Waals surface area contributed by atoms with Crippen LogP contribution in [-0.4, -0.2) is 77.7 Å². The van der Waals surface area contributed by atoms with E-state index in [1.807, 2.05) is 19.9 Å². The highest BCUT2D eigenvalue weighted by Crippen LogP contribution is 2.32. The molecule has 3 N–H and O–H groups in total. The summed E-state index contributed by atoms with van der Waals surface area (Å²) in [5.41, 5.74) is 1.32. The van der Waals surface area contributed by atoms with Gasteiger partial charge < -0.3 is 30.3 Å². The number of amides is 4. The average molecular weight is 515 g/mol. The number of ether oxygens (including phenoxy) is 1. The third-order valence-corrected chi connectivity index (χ3v) is 7.87. The van der Waals surface area contributed by atoms with Crippen molar-refractivity contribution in [3.8, 4) is 5.75 Å². The Kier molecular flexibility index (Phi) is 8.95. The van der Waals surface area contributed by atoms with Gasteiger partial charge in [-0.05, 0) is 50.8 Å². The average Bonchev–Trinajstić information content (AvgIpc) is 3.73. The van der Waals surface area contributed by atoms with Crippen LogP contribution in [0, 0.1) is 11.8 Å². The molecule has 2 saturated carbocycles. The lowest BCUT2D eigenvalue weighted by Crippen LogP contribution is -2.50. The van der Waals surface area contributed by atoms with Gasteiger partial charge in [0.05, 0.1) is 25.6 Å². The molecule has 0 bridgehead atoms. The van der Waals surface area contributed by atoms with Crippen LogP contribution in [0.4, 0.5) is 10.5 Å². The Morgan fingerprint density at radius 1 is 1.19 bits per heavy atom. The SMILES string of the molecule is C[C@H](CO)N1C[C@H](C)[C@@H](CN(C)C(=O)NC2CCCCC2)Oc2ccc(NC(=O)C3CC3)cc2CC1=O. The number of aliphatic hydroxyl groups is 1. The molecular weight excluding hydrogens is 472 g/mol. The van der Waals surface area contributed by atoms with Crippen molar-refractivity contribution < 1.29 is 24.2 Å². The largest absolute Gasteiger partial charge is 0.488 e. The van der Waals surface area contributed by atoms with Crippen molar-refractivity contribution in [3.05, 3.63) is 23.8 Å². The monoisotopic (exact) mass is 514 g/mol. The van der Waals surface area contributed by atoms with Gasteiger partial charge in [0.2, 0.25) is 11.8 Å². The number of benzene rings is 1. The Morgan fingerprint density at radius 2 is 1.92 bits per heavy atom. The highest BCUT2D eigenvalue weighted by Gasteiger charge is 2.33. The third kappa shape index (κ3) is 7.15. The Bertz CT molecular complexity index is 975. The van der Waals surface area contributed by atoms with Crippen molar-refractivity contribution >= 4 is 23.5 Å². The van der Waals surface area contributed by atoms with E-state index >= 15 is 0 Å². The van der Waals surface area contributed by atoms with E-state index in [0.717, 1.165) is 38.5 Å². The Hall–Kier alpha value is -2.81. The molecule has 1 aromatic rings. The summed E-state index contributed by atoms with van der Waals surface area (Å²) in [5, 5.41) is 15.9. The summed E-state index contributed by atoms with van der Waals surface area (Å²) in [6.45, 7) is 4.46. The van der Waals surface area contributed by atoms with Gasteiger partial charge in [0.15, 0.2) is 0 Å². The zero-order chi connectivity index (χ0) is 26.5. The van der Waals surface area contributed by atoms with Gasteiger partial charge in [0, 0.05) is 42.7 Å². The number of anilines is 1. The van der Waals surface area contributed by atoms with E-state index in [4.69, 9.17) is 4.74 Å². The summed E-state index contributed by atoms with van der Waals surface area (Å²) < 4.78 is 6.49. The van der Waals surface area contributed by atoms with Gasteiger partial charge in [-0.2, -0.15) is 0 Å². The molecule has 0 saturated heterocycles. The molecule has 204 valence electrons. The fraction of sp³-hybridized carbons (Fsp3) is 0.679. The molecule has 2 fully saturated rings. The summed E-state index contributed by atoms with van der Waals surface area (Å²) in [6.07, 6.45) is 7.09. The molecule has 4 rings (SSSR count). The Balaban J connectivity index is 1.54. The number of hydrogen-bond donors (Lipinski definition) is 3. The van der Waals surface area contributed by atoms with Crippen molar-refractivity contribution in [2.45, 2.75) is 83.4 Å². The van der Waals surface area contributed by atoms with Crippen LogP contribution in [0.15, 0.2) is 18.2 Å². The molecule has 0 unspecified atom stereocenters. The summed E-state index contributed by atoms with van der Waals surface area (Å²) in [6, 6.07) is 5.17. The van der Waals surface area contributed by atoms with Crippen LogP contribution in [0.2, 0.25) is 0 Å². The number of hydrogen-bond acceptors (Lipinski definition) is 5. The standard InChI is InChI=1S/C28H42N4O5/c1-18-15-32(19(2)17-33)26(34)14-21-13-23(29-27(35)20-9-10-20)11-12-24(21)37-25(18)16-31(3)28(36)30-22-7-5-4-6-8-22/h11-13,18-20,22,25,33H,4-10,14-17H2,1-3H3,(H,29,35)(H,30,36)/t18-,19+,25+/m0/s1. The lowest BCUT2D eigenvalue weighted by atomic mass is 9.96. The lowest BCUT2D eigenvalue weighted by molar-refractivity contribution is -0.134. The molecular formula is C28H42N4O5. The number of likely N-dealkylation sites (N-methyl/N-ethyl adjacent to an activating group) is 1. The van der Waals surface area contributed by atoms with Crippen LogP contribution in [0.5, 0.6) is 5.75 Å².